The van der Waals surface area contributed by atoms with E-state index < -0.39 is 5.60 Å². The highest BCUT2D eigenvalue weighted by Gasteiger charge is 2.30. The van der Waals surface area contributed by atoms with Crippen LogP contribution >= 0.6 is 0 Å². The van der Waals surface area contributed by atoms with Gasteiger partial charge in [0.05, 0.1) is 25.1 Å². The van der Waals surface area contributed by atoms with E-state index in [0.29, 0.717) is 17.3 Å². The lowest BCUT2D eigenvalue weighted by Gasteiger charge is -2.23. The zero-order chi connectivity index (χ0) is 16.4. The Kier molecular flexibility index (Phi) is 3.88. The molecule has 0 aliphatic heterocycles. The topological polar surface area (TPSA) is 64.5 Å². The van der Waals surface area contributed by atoms with Gasteiger partial charge in [-0.15, -0.1) is 0 Å². The Hall–Kier alpha value is -2.66. The number of benzene rings is 2. The molecule has 0 fully saturated rings. The van der Waals surface area contributed by atoms with E-state index >= 15 is 0 Å². The molecule has 0 aliphatic carbocycles. The molecule has 23 heavy (non-hydrogen) atoms. The fraction of sp³-hybridized carbons (Fsp3) is 0.222. The summed E-state index contributed by atoms with van der Waals surface area (Å²) in [6.45, 7) is 1.67. The van der Waals surface area contributed by atoms with Gasteiger partial charge in [0.2, 0.25) is 5.88 Å². The molecule has 0 spiro atoms. The van der Waals surface area contributed by atoms with Gasteiger partial charge in [-0.25, -0.2) is 4.98 Å². The van der Waals surface area contributed by atoms with Crippen LogP contribution in [0.15, 0.2) is 48.5 Å². The van der Waals surface area contributed by atoms with Gasteiger partial charge >= 0.3 is 0 Å². The number of aliphatic hydroxyl groups is 1. The Morgan fingerprint density at radius 2 is 1.61 bits per heavy atom. The predicted molar refractivity (Wildman–Crippen MR) is 87.8 cm³/mol. The second-order valence-corrected chi connectivity index (χ2v) is 5.37. The van der Waals surface area contributed by atoms with Crippen molar-refractivity contribution >= 4 is 10.9 Å². The third kappa shape index (κ3) is 2.71. The van der Waals surface area contributed by atoms with Crippen LogP contribution in [0, 0.1) is 0 Å². The summed E-state index contributed by atoms with van der Waals surface area (Å²) in [5, 5.41) is 11.8. The van der Waals surface area contributed by atoms with Gasteiger partial charge in [0.25, 0.3) is 0 Å². The van der Waals surface area contributed by atoms with Crippen molar-refractivity contribution in [3.63, 3.8) is 0 Å². The van der Waals surface area contributed by atoms with Crippen LogP contribution < -0.4 is 9.47 Å². The normalized spacial score (nSPS) is 13.6. The standard InChI is InChI=1S/C18H18N2O3/c1-18(21,12-8-10-13(22-2)11-9-12)17-19-15-7-5-4-6-14(15)16(20-17)23-3/h4-11,21H,1-3H3. The van der Waals surface area contributed by atoms with Crippen molar-refractivity contribution in [3.8, 4) is 11.6 Å². The molecule has 3 rings (SSSR count). The first-order valence-corrected chi connectivity index (χ1v) is 7.24. The smallest absolute Gasteiger partial charge is 0.224 e. The number of para-hydroxylation sites is 1. The summed E-state index contributed by atoms with van der Waals surface area (Å²) in [5.74, 6) is 1.46. The lowest BCUT2D eigenvalue weighted by Crippen LogP contribution is -2.26. The molecule has 1 N–H and O–H groups in total. The summed E-state index contributed by atoms with van der Waals surface area (Å²) < 4.78 is 10.5. The maximum Gasteiger partial charge on any atom is 0.224 e. The maximum absolute atomic E-state index is 11.0. The second-order valence-electron chi connectivity index (χ2n) is 5.37. The molecule has 118 valence electrons. The van der Waals surface area contributed by atoms with Crippen molar-refractivity contribution in [2.45, 2.75) is 12.5 Å². The van der Waals surface area contributed by atoms with Gasteiger partial charge in [-0.2, -0.15) is 4.98 Å². The Labute approximate surface area is 134 Å². The molecule has 0 aliphatic rings. The number of hydrogen-bond donors (Lipinski definition) is 1. The van der Waals surface area contributed by atoms with E-state index in [1.54, 1.807) is 45.4 Å². The van der Waals surface area contributed by atoms with E-state index in [9.17, 15) is 5.11 Å². The van der Waals surface area contributed by atoms with Crippen molar-refractivity contribution in [3.05, 3.63) is 59.9 Å². The first-order valence-electron chi connectivity index (χ1n) is 7.24. The van der Waals surface area contributed by atoms with Gasteiger partial charge in [-0.1, -0.05) is 24.3 Å². The lowest BCUT2D eigenvalue weighted by molar-refractivity contribution is 0.0917. The van der Waals surface area contributed by atoms with E-state index in [1.807, 2.05) is 24.3 Å². The molecule has 2 aromatic carbocycles. The SMILES string of the molecule is COc1ccc(C(C)(O)c2nc(OC)c3ccccc3n2)cc1. The van der Waals surface area contributed by atoms with Crippen LogP contribution in [0.25, 0.3) is 10.9 Å². The van der Waals surface area contributed by atoms with Crippen LogP contribution in [0.1, 0.15) is 18.3 Å². The Morgan fingerprint density at radius 1 is 0.913 bits per heavy atom. The Bertz CT molecular complexity index is 829. The zero-order valence-electron chi connectivity index (χ0n) is 13.3. The van der Waals surface area contributed by atoms with Crippen molar-refractivity contribution in [2.24, 2.45) is 0 Å². The van der Waals surface area contributed by atoms with Crippen molar-refractivity contribution in [2.75, 3.05) is 14.2 Å². The van der Waals surface area contributed by atoms with Gasteiger partial charge in [0.1, 0.15) is 11.4 Å². The van der Waals surface area contributed by atoms with E-state index in [4.69, 9.17) is 9.47 Å². The summed E-state index contributed by atoms with van der Waals surface area (Å²) in [6.07, 6.45) is 0. The largest absolute Gasteiger partial charge is 0.497 e. The molecule has 5 heteroatoms. The fourth-order valence-electron chi connectivity index (χ4n) is 2.47. The minimum Gasteiger partial charge on any atom is -0.497 e. The fourth-order valence-corrected chi connectivity index (χ4v) is 2.47. The monoisotopic (exact) mass is 310 g/mol. The molecule has 1 unspecified atom stereocenters. The van der Waals surface area contributed by atoms with Crippen LogP contribution in [-0.2, 0) is 5.60 Å². The predicted octanol–water partition coefficient (Wildman–Crippen LogP) is 2.90. The first-order chi connectivity index (χ1) is 11.1. The summed E-state index contributed by atoms with van der Waals surface area (Å²) in [5.41, 5.74) is 0.0580. The molecule has 1 atom stereocenters. The van der Waals surface area contributed by atoms with Gasteiger partial charge < -0.3 is 14.6 Å². The molecule has 5 nitrogen and oxygen atoms in total. The van der Waals surface area contributed by atoms with E-state index in [2.05, 4.69) is 9.97 Å². The molecule has 1 aromatic heterocycles. The molecule has 1 heterocycles. The highest BCUT2D eigenvalue weighted by molar-refractivity contribution is 5.83. The highest BCUT2D eigenvalue weighted by atomic mass is 16.5. The molecule has 0 saturated heterocycles. The van der Waals surface area contributed by atoms with Crippen molar-refractivity contribution in [1.82, 2.24) is 9.97 Å². The Morgan fingerprint density at radius 3 is 2.26 bits per heavy atom. The lowest BCUT2D eigenvalue weighted by atomic mass is 9.95. The highest BCUT2D eigenvalue weighted by Crippen LogP contribution is 2.31. The second kappa shape index (κ2) is 5.85. The van der Waals surface area contributed by atoms with Crippen LogP contribution in [0.5, 0.6) is 11.6 Å². The number of fused-ring (bicyclic) bond motifs is 1. The number of methoxy groups -OCH3 is 2. The van der Waals surface area contributed by atoms with Crippen LogP contribution in [0.4, 0.5) is 0 Å². The molecular formula is C18H18N2O3. The van der Waals surface area contributed by atoms with E-state index in [1.165, 1.54) is 0 Å². The van der Waals surface area contributed by atoms with Gasteiger partial charge in [0.15, 0.2) is 5.82 Å². The van der Waals surface area contributed by atoms with Gasteiger partial charge in [0, 0.05) is 0 Å². The van der Waals surface area contributed by atoms with Crippen molar-refractivity contribution in [1.29, 1.82) is 0 Å². The summed E-state index contributed by atoms with van der Waals surface area (Å²) in [6, 6.07) is 14.7. The van der Waals surface area contributed by atoms with Crippen LogP contribution in [0.3, 0.4) is 0 Å². The number of nitrogens with zero attached hydrogens (tertiary/aromatic N) is 2. The van der Waals surface area contributed by atoms with Crippen LogP contribution in [0.2, 0.25) is 0 Å². The number of rotatable bonds is 4. The van der Waals surface area contributed by atoms with Gasteiger partial charge in [-0.3, -0.25) is 0 Å². The van der Waals surface area contributed by atoms with Crippen LogP contribution in [-0.4, -0.2) is 29.3 Å². The average molecular weight is 310 g/mol. The van der Waals surface area contributed by atoms with E-state index in [-0.39, 0.29) is 0 Å². The number of hydrogen-bond acceptors (Lipinski definition) is 5. The molecule has 0 saturated carbocycles. The van der Waals surface area contributed by atoms with Gasteiger partial charge in [-0.05, 0) is 36.8 Å². The third-order valence-electron chi connectivity index (χ3n) is 3.85. The Balaban J connectivity index is 2.13. The zero-order valence-corrected chi connectivity index (χ0v) is 13.3. The summed E-state index contributed by atoms with van der Waals surface area (Å²) in [4.78, 5) is 8.90. The quantitative estimate of drug-likeness (QED) is 0.802. The minimum absolute atomic E-state index is 0.290. The molecular weight excluding hydrogens is 292 g/mol. The summed E-state index contributed by atoms with van der Waals surface area (Å²) in [7, 11) is 3.16. The number of ether oxygens (including phenoxy) is 2. The maximum atomic E-state index is 11.0. The molecule has 0 bridgehead atoms. The molecule has 0 radical (unpaired) electrons. The third-order valence-corrected chi connectivity index (χ3v) is 3.85. The minimum atomic E-state index is -1.34. The first kappa shape index (κ1) is 15.2. The number of aromatic nitrogens is 2. The van der Waals surface area contributed by atoms with Crippen molar-refractivity contribution < 1.29 is 14.6 Å². The summed E-state index contributed by atoms with van der Waals surface area (Å²) >= 11 is 0. The van der Waals surface area contributed by atoms with E-state index in [0.717, 1.165) is 16.7 Å². The molecule has 3 aromatic rings. The molecule has 0 amide bonds. The average Bonchev–Trinajstić information content (AvgIpc) is 2.60.